The molecule has 0 atom stereocenters. The van der Waals surface area contributed by atoms with E-state index in [1.54, 1.807) is 25.3 Å². The van der Waals surface area contributed by atoms with E-state index in [4.69, 9.17) is 9.15 Å². The first-order valence-electron chi connectivity index (χ1n) is 12.5. The number of hydrogen-bond acceptors (Lipinski definition) is 8. The average Bonchev–Trinajstić information content (AvgIpc) is 3.66. The summed E-state index contributed by atoms with van der Waals surface area (Å²) >= 11 is 1.28. The summed E-state index contributed by atoms with van der Waals surface area (Å²) in [7, 11) is -2.23. The SMILES string of the molecule is COc1ccc2nc(N(/N=C/c3ccco3)C(=O)c3ccc(S(=O)(=O)N4CCCc5ccccc54)cc3)sc2c1. The minimum atomic E-state index is -3.81. The first kappa shape index (κ1) is 25.8. The standard InChI is InChI=1S/C29H24N4O5S2/c1-37-22-12-15-25-27(18-22)39-29(31-25)33(30-19-23-8-5-17-38-23)28(34)21-10-13-24(14-11-21)40(35,36)32-16-4-7-20-6-2-3-9-26(20)32/h2-3,5-6,8-15,17-19H,4,7,16H2,1H3/b30-19+. The van der Waals surface area contributed by atoms with Crippen LogP contribution in [0.4, 0.5) is 10.8 Å². The number of thiazole rings is 1. The number of anilines is 2. The van der Waals surface area contributed by atoms with Crippen molar-refractivity contribution in [3.05, 3.63) is 102 Å². The van der Waals surface area contributed by atoms with Gasteiger partial charge in [0.15, 0.2) is 0 Å². The fourth-order valence-electron chi connectivity index (χ4n) is 4.55. The predicted octanol–water partition coefficient (Wildman–Crippen LogP) is 5.72. The normalized spacial score (nSPS) is 13.5. The van der Waals surface area contributed by atoms with Gasteiger partial charge in [0.1, 0.15) is 11.5 Å². The van der Waals surface area contributed by atoms with Crippen molar-refractivity contribution in [2.24, 2.45) is 5.10 Å². The van der Waals surface area contributed by atoms with Crippen molar-refractivity contribution < 1.29 is 22.4 Å². The summed E-state index contributed by atoms with van der Waals surface area (Å²) in [5.41, 5.74) is 2.64. The number of ether oxygens (including phenoxy) is 1. The lowest BCUT2D eigenvalue weighted by atomic mass is 10.0. The Bertz CT molecular complexity index is 1810. The Hall–Kier alpha value is -4.48. The van der Waals surface area contributed by atoms with Crippen molar-refractivity contribution >= 4 is 54.5 Å². The lowest BCUT2D eigenvalue weighted by Gasteiger charge is -2.30. The zero-order valence-electron chi connectivity index (χ0n) is 21.4. The van der Waals surface area contributed by atoms with Crippen molar-refractivity contribution in [2.45, 2.75) is 17.7 Å². The highest BCUT2D eigenvalue weighted by molar-refractivity contribution is 7.92. The number of fused-ring (bicyclic) bond motifs is 2. The van der Waals surface area contributed by atoms with Gasteiger partial charge in [0, 0.05) is 12.1 Å². The Morgan fingerprint density at radius 2 is 1.93 bits per heavy atom. The first-order valence-corrected chi connectivity index (χ1v) is 14.8. The molecular formula is C29H24N4O5S2. The molecule has 0 saturated heterocycles. The first-order chi connectivity index (χ1) is 19.4. The van der Waals surface area contributed by atoms with Crippen molar-refractivity contribution in [3.63, 3.8) is 0 Å². The molecular weight excluding hydrogens is 548 g/mol. The van der Waals surface area contributed by atoms with E-state index in [1.807, 2.05) is 36.4 Å². The van der Waals surface area contributed by atoms with Gasteiger partial charge in [-0.15, -0.1) is 0 Å². The molecule has 202 valence electrons. The van der Waals surface area contributed by atoms with Crippen molar-refractivity contribution in [3.8, 4) is 5.75 Å². The van der Waals surface area contributed by atoms with Gasteiger partial charge in [0.25, 0.3) is 15.9 Å². The van der Waals surface area contributed by atoms with Crippen LogP contribution in [0.5, 0.6) is 5.75 Å². The second-order valence-electron chi connectivity index (χ2n) is 9.04. The Morgan fingerprint density at radius 1 is 1.10 bits per heavy atom. The fourth-order valence-corrected chi connectivity index (χ4v) is 7.04. The number of methoxy groups -OCH3 is 1. The van der Waals surface area contributed by atoms with Gasteiger partial charge in [-0.3, -0.25) is 9.10 Å². The van der Waals surface area contributed by atoms with E-state index in [2.05, 4.69) is 10.1 Å². The largest absolute Gasteiger partial charge is 0.497 e. The third kappa shape index (κ3) is 4.85. The summed E-state index contributed by atoms with van der Waals surface area (Å²) in [6.45, 7) is 0.400. The summed E-state index contributed by atoms with van der Waals surface area (Å²) in [4.78, 5) is 18.4. The summed E-state index contributed by atoms with van der Waals surface area (Å²) in [5.74, 6) is 0.665. The quantitative estimate of drug-likeness (QED) is 0.182. The van der Waals surface area contributed by atoms with E-state index in [0.717, 1.165) is 23.1 Å². The predicted molar refractivity (Wildman–Crippen MR) is 155 cm³/mol. The number of rotatable bonds is 7. The van der Waals surface area contributed by atoms with E-state index < -0.39 is 15.9 Å². The number of aromatic nitrogens is 1. The molecule has 3 aromatic carbocycles. The van der Waals surface area contributed by atoms with Crippen LogP contribution < -0.4 is 14.1 Å². The number of carbonyl (C=O) groups excluding carboxylic acids is 1. The summed E-state index contributed by atoms with van der Waals surface area (Å²) in [6.07, 6.45) is 4.51. The minimum Gasteiger partial charge on any atom is -0.497 e. The molecule has 0 fully saturated rings. The van der Waals surface area contributed by atoms with Crippen LogP contribution in [-0.4, -0.2) is 39.2 Å². The molecule has 0 aliphatic carbocycles. The number of sulfonamides is 1. The molecule has 3 heterocycles. The van der Waals surface area contributed by atoms with Gasteiger partial charge >= 0.3 is 0 Å². The van der Waals surface area contributed by atoms with Gasteiger partial charge in [-0.2, -0.15) is 10.1 Å². The molecule has 11 heteroatoms. The monoisotopic (exact) mass is 572 g/mol. The number of hydrogen-bond donors (Lipinski definition) is 0. The second-order valence-corrected chi connectivity index (χ2v) is 11.9. The van der Waals surface area contributed by atoms with Crippen LogP contribution in [-0.2, 0) is 16.4 Å². The molecule has 1 aliphatic heterocycles. The Balaban J connectivity index is 1.33. The average molecular weight is 573 g/mol. The van der Waals surface area contributed by atoms with E-state index in [-0.39, 0.29) is 10.5 Å². The number of benzene rings is 3. The van der Waals surface area contributed by atoms with Crippen LogP contribution in [0.3, 0.4) is 0 Å². The minimum absolute atomic E-state index is 0.110. The van der Waals surface area contributed by atoms with Crippen LogP contribution in [0.15, 0.2) is 99.5 Å². The third-order valence-electron chi connectivity index (χ3n) is 6.56. The molecule has 2 aromatic heterocycles. The number of nitrogens with zero attached hydrogens (tertiary/aromatic N) is 4. The topological polar surface area (TPSA) is 105 Å². The van der Waals surface area contributed by atoms with Gasteiger partial charge in [-0.1, -0.05) is 29.5 Å². The van der Waals surface area contributed by atoms with Crippen molar-refractivity contribution in [1.29, 1.82) is 0 Å². The van der Waals surface area contributed by atoms with E-state index >= 15 is 0 Å². The number of hydrazone groups is 1. The highest BCUT2D eigenvalue weighted by atomic mass is 32.2. The van der Waals surface area contributed by atoms with Crippen LogP contribution in [0.1, 0.15) is 28.1 Å². The summed E-state index contributed by atoms with van der Waals surface area (Å²) in [6, 6.07) is 22.3. The molecule has 5 aromatic rings. The fraction of sp³-hybridized carbons (Fsp3) is 0.138. The van der Waals surface area contributed by atoms with Gasteiger partial charge in [0.2, 0.25) is 5.13 Å². The van der Waals surface area contributed by atoms with Crippen molar-refractivity contribution in [2.75, 3.05) is 23.0 Å². The number of furan rings is 1. The zero-order chi connectivity index (χ0) is 27.7. The third-order valence-corrected chi connectivity index (χ3v) is 9.38. The van der Waals surface area contributed by atoms with Gasteiger partial charge in [-0.05, 0) is 79.1 Å². The highest BCUT2D eigenvalue weighted by Crippen LogP contribution is 2.34. The Kier molecular flexibility index (Phi) is 6.82. The molecule has 0 saturated carbocycles. The molecule has 0 unspecified atom stereocenters. The maximum atomic E-state index is 13.7. The maximum Gasteiger partial charge on any atom is 0.280 e. The van der Waals surface area contributed by atoms with E-state index in [1.165, 1.54) is 57.4 Å². The molecule has 0 bridgehead atoms. The summed E-state index contributed by atoms with van der Waals surface area (Å²) in [5, 5.41) is 5.91. The van der Waals surface area contributed by atoms with Crippen LogP contribution in [0.2, 0.25) is 0 Å². The van der Waals surface area contributed by atoms with Crippen molar-refractivity contribution in [1.82, 2.24) is 4.98 Å². The van der Waals surface area contributed by atoms with Gasteiger partial charge in [-0.25, -0.2) is 13.4 Å². The van der Waals surface area contributed by atoms with Gasteiger partial charge in [0.05, 0.1) is 40.4 Å². The molecule has 1 aliphatic rings. The van der Waals surface area contributed by atoms with E-state index in [0.29, 0.717) is 34.4 Å². The molecule has 0 radical (unpaired) electrons. The number of para-hydroxylation sites is 1. The zero-order valence-corrected chi connectivity index (χ0v) is 23.1. The Labute approximate surface area is 235 Å². The highest BCUT2D eigenvalue weighted by Gasteiger charge is 2.29. The molecule has 0 N–H and O–H groups in total. The molecule has 40 heavy (non-hydrogen) atoms. The molecule has 0 spiro atoms. The lowest BCUT2D eigenvalue weighted by molar-refractivity contribution is 0.0987. The molecule has 1 amide bonds. The maximum absolute atomic E-state index is 13.7. The smallest absolute Gasteiger partial charge is 0.280 e. The Morgan fingerprint density at radius 3 is 2.70 bits per heavy atom. The number of carbonyl (C=O) groups is 1. The van der Waals surface area contributed by atoms with E-state index in [9.17, 15) is 13.2 Å². The molecule has 6 rings (SSSR count). The molecule has 9 nitrogen and oxygen atoms in total. The number of aryl methyl sites for hydroxylation is 1. The lowest BCUT2D eigenvalue weighted by Crippen LogP contribution is -2.35. The second kappa shape index (κ2) is 10.6. The van der Waals surface area contributed by atoms with Crippen LogP contribution in [0, 0.1) is 0 Å². The van der Waals surface area contributed by atoms with Crippen LogP contribution in [0.25, 0.3) is 10.2 Å². The van der Waals surface area contributed by atoms with Crippen LogP contribution >= 0.6 is 11.3 Å². The number of amides is 1. The van der Waals surface area contributed by atoms with Gasteiger partial charge < -0.3 is 9.15 Å². The summed E-state index contributed by atoms with van der Waals surface area (Å²) < 4.78 is 40.0.